The Bertz CT molecular complexity index is 492. The number of halogens is 1. The number of amides is 1. The number of benzene rings is 1. The molecule has 0 heterocycles. The number of anilines is 1. The van der Waals surface area contributed by atoms with E-state index in [-0.39, 0.29) is 5.91 Å². The van der Waals surface area contributed by atoms with Crippen molar-refractivity contribution in [2.75, 3.05) is 26.1 Å². The van der Waals surface area contributed by atoms with E-state index < -0.39 is 6.04 Å². The molecule has 0 saturated heterocycles. The van der Waals surface area contributed by atoms with E-state index in [2.05, 4.69) is 10.6 Å². The first-order valence-electron chi connectivity index (χ1n) is 6.84. The van der Waals surface area contributed by atoms with Crippen LogP contribution in [0.3, 0.4) is 0 Å². The first-order chi connectivity index (χ1) is 9.88. The highest BCUT2D eigenvalue weighted by Crippen LogP contribution is 2.36. The van der Waals surface area contributed by atoms with Gasteiger partial charge in [0.05, 0.1) is 24.9 Å². The smallest absolute Gasteiger partial charge is 0.242 e. The first-order valence-corrected chi connectivity index (χ1v) is 7.22. The Labute approximate surface area is 131 Å². The number of hydrogen-bond acceptors (Lipinski definition) is 4. The number of nitrogens with one attached hydrogen (secondary N) is 2. The van der Waals surface area contributed by atoms with E-state index in [0.29, 0.717) is 34.7 Å². The van der Waals surface area contributed by atoms with E-state index in [1.807, 2.05) is 13.8 Å². The highest BCUT2D eigenvalue weighted by atomic mass is 35.5. The predicted octanol–water partition coefficient (Wildman–Crippen LogP) is 2.93. The van der Waals surface area contributed by atoms with Crippen molar-refractivity contribution in [3.8, 4) is 11.5 Å². The standard InChI is InChI=1S/C15H23ClN2O3/c1-9(2)8-17-15(19)10(3)18-12-6-11(16)13(20-4)7-14(12)21-5/h6-7,9-10,18H,8H2,1-5H3,(H,17,19). The largest absolute Gasteiger partial charge is 0.495 e. The summed E-state index contributed by atoms with van der Waals surface area (Å²) >= 11 is 6.10. The lowest BCUT2D eigenvalue weighted by Gasteiger charge is -2.19. The van der Waals surface area contributed by atoms with Gasteiger partial charge in [-0.15, -0.1) is 0 Å². The summed E-state index contributed by atoms with van der Waals surface area (Å²) in [4.78, 5) is 12.0. The molecule has 5 nitrogen and oxygen atoms in total. The summed E-state index contributed by atoms with van der Waals surface area (Å²) in [5, 5.41) is 6.43. The molecule has 0 aliphatic carbocycles. The van der Waals surface area contributed by atoms with Crippen LogP contribution in [0.5, 0.6) is 11.5 Å². The molecule has 118 valence electrons. The minimum Gasteiger partial charge on any atom is -0.495 e. The molecule has 0 spiro atoms. The summed E-state index contributed by atoms with van der Waals surface area (Å²) in [5.74, 6) is 1.43. The predicted molar refractivity (Wildman–Crippen MR) is 85.5 cm³/mol. The van der Waals surface area contributed by atoms with Crippen LogP contribution in [0.25, 0.3) is 0 Å². The lowest BCUT2D eigenvalue weighted by Crippen LogP contribution is -2.39. The quantitative estimate of drug-likeness (QED) is 0.812. The second-order valence-electron chi connectivity index (χ2n) is 5.19. The van der Waals surface area contributed by atoms with Gasteiger partial charge in [0.15, 0.2) is 0 Å². The van der Waals surface area contributed by atoms with Crippen molar-refractivity contribution < 1.29 is 14.3 Å². The maximum atomic E-state index is 12.0. The second kappa shape index (κ2) is 7.98. The summed E-state index contributed by atoms with van der Waals surface area (Å²) in [6.07, 6.45) is 0. The van der Waals surface area contributed by atoms with Crippen molar-refractivity contribution in [1.29, 1.82) is 0 Å². The van der Waals surface area contributed by atoms with Crippen LogP contribution in [-0.4, -0.2) is 32.7 Å². The van der Waals surface area contributed by atoms with E-state index in [0.717, 1.165) is 0 Å². The molecule has 1 rings (SSSR count). The summed E-state index contributed by atoms with van der Waals surface area (Å²) in [5.41, 5.74) is 0.649. The molecular weight excluding hydrogens is 292 g/mol. The number of rotatable bonds is 7. The van der Waals surface area contributed by atoms with Crippen molar-refractivity contribution in [3.63, 3.8) is 0 Å². The average molecular weight is 315 g/mol. The Kier molecular flexibility index (Phi) is 6.62. The number of hydrogen-bond donors (Lipinski definition) is 2. The Balaban J connectivity index is 2.81. The fourth-order valence-corrected chi connectivity index (χ4v) is 1.97. The van der Waals surface area contributed by atoms with Crippen molar-refractivity contribution in [2.45, 2.75) is 26.8 Å². The molecule has 21 heavy (non-hydrogen) atoms. The number of carbonyl (C=O) groups excluding carboxylic acids is 1. The molecule has 1 aromatic rings. The lowest BCUT2D eigenvalue weighted by atomic mass is 10.2. The topological polar surface area (TPSA) is 59.6 Å². The minimum absolute atomic E-state index is 0.0716. The van der Waals surface area contributed by atoms with Crippen LogP contribution < -0.4 is 20.1 Å². The molecule has 1 unspecified atom stereocenters. The molecule has 0 radical (unpaired) electrons. The Hall–Kier alpha value is -1.62. The highest BCUT2D eigenvalue weighted by Gasteiger charge is 2.16. The third kappa shape index (κ3) is 5.01. The van der Waals surface area contributed by atoms with Gasteiger partial charge in [-0.2, -0.15) is 0 Å². The highest BCUT2D eigenvalue weighted by molar-refractivity contribution is 6.32. The van der Waals surface area contributed by atoms with Crippen molar-refractivity contribution in [3.05, 3.63) is 17.2 Å². The maximum Gasteiger partial charge on any atom is 0.242 e. The summed E-state index contributed by atoms with van der Waals surface area (Å²) in [6, 6.07) is 2.97. The van der Waals surface area contributed by atoms with Gasteiger partial charge in [-0.25, -0.2) is 0 Å². The molecule has 1 amide bonds. The van der Waals surface area contributed by atoms with Gasteiger partial charge >= 0.3 is 0 Å². The third-order valence-electron chi connectivity index (χ3n) is 2.92. The van der Waals surface area contributed by atoms with Crippen LogP contribution in [-0.2, 0) is 4.79 Å². The van der Waals surface area contributed by atoms with Crippen LogP contribution in [0.4, 0.5) is 5.69 Å². The molecule has 0 bridgehead atoms. The zero-order valence-corrected chi connectivity index (χ0v) is 13.9. The van der Waals surface area contributed by atoms with Crippen LogP contribution in [0.2, 0.25) is 5.02 Å². The van der Waals surface area contributed by atoms with Gasteiger partial charge < -0.3 is 20.1 Å². The molecule has 1 atom stereocenters. The summed E-state index contributed by atoms with van der Waals surface area (Å²) in [6.45, 7) is 6.52. The molecule has 0 fully saturated rings. The van der Waals surface area contributed by atoms with Crippen molar-refractivity contribution in [2.24, 2.45) is 5.92 Å². The van der Waals surface area contributed by atoms with Gasteiger partial charge in [0.1, 0.15) is 17.5 Å². The van der Waals surface area contributed by atoms with Gasteiger partial charge in [0.25, 0.3) is 0 Å². The van der Waals surface area contributed by atoms with Crippen LogP contribution >= 0.6 is 11.6 Å². The first kappa shape index (κ1) is 17.4. The Morgan fingerprint density at radius 3 is 2.33 bits per heavy atom. The van der Waals surface area contributed by atoms with Crippen molar-refractivity contribution >= 4 is 23.2 Å². The number of methoxy groups -OCH3 is 2. The molecule has 1 aromatic carbocycles. The van der Waals surface area contributed by atoms with E-state index in [9.17, 15) is 4.79 Å². The van der Waals surface area contributed by atoms with Gasteiger partial charge in [-0.1, -0.05) is 25.4 Å². The molecule has 0 aliphatic heterocycles. The molecule has 0 saturated carbocycles. The molecule has 0 aromatic heterocycles. The zero-order valence-electron chi connectivity index (χ0n) is 13.1. The number of ether oxygens (including phenoxy) is 2. The fraction of sp³-hybridized carbons (Fsp3) is 0.533. The maximum absolute atomic E-state index is 12.0. The third-order valence-corrected chi connectivity index (χ3v) is 3.22. The Morgan fingerprint density at radius 1 is 1.19 bits per heavy atom. The molecule has 6 heteroatoms. The molecule has 0 aliphatic rings. The zero-order chi connectivity index (χ0) is 16.0. The summed E-state index contributed by atoms with van der Waals surface area (Å²) in [7, 11) is 3.09. The van der Waals surface area contributed by atoms with E-state index >= 15 is 0 Å². The molecule has 2 N–H and O–H groups in total. The van der Waals surface area contributed by atoms with Gasteiger partial charge in [-0.3, -0.25) is 4.79 Å². The monoisotopic (exact) mass is 314 g/mol. The fourth-order valence-electron chi connectivity index (χ4n) is 1.73. The van der Waals surface area contributed by atoms with Gasteiger partial charge in [0, 0.05) is 12.6 Å². The minimum atomic E-state index is -0.401. The average Bonchev–Trinajstić information content (AvgIpc) is 2.44. The summed E-state index contributed by atoms with van der Waals surface area (Å²) < 4.78 is 10.4. The van der Waals surface area contributed by atoms with Gasteiger partial charge in [-0.05, 0) is 18.9 Å². The van der Waals surface area contributed by atoms with Crippen LogP contribution in [0.1, 0.15) is 20.8 Å². The molecular formula is C15H23ClN2O3. The number of carbonyl (C=O) groups is 1. The van der Waals surface area contributed by atoms with Gasteiger partial charge in [0.2, 0.25) is 5.91 Å². The van der Waals surface area contributed by atoms with Crippen molar-refractivity contribution in [1.82, 2.24) is 5.32 Å². The lowest BCUT2D eigenvalue weighted by molar-refractivity contribution is -0.121. The van der Waals surface area contributed by atoms with E-state index in [1.165, 1.54) is 7.11 Å². The van der Waals surface area contributed by atoms with Crippen LogP contribution in [0, 0.1) is 5.92 Å². The SMILES string of the molecule is COc1cc(OC)c(NC(C)C(=O)NCC(C)C)cc1Cl. The van der Waals surface area contributed by atoms with E-state index in [4.69, 9.17) is 21.1 Å². The second-order valence-corrected chi connectivity index (χ2v) is 5.60. The van der Waals surface area contributed by atoms with Crippen LogP contribution in [0.15, 0.2) is 12.1 Å². The Morgan fingerprint density at radius 2 is 1.81 bits per heavy atom. The normalized spacial score (nSPS) is 12.0. The van der Waals surface area contributed by atoms with E-state index in [1.54, 1.807) is 26.2 Å².